The minimum atomic E-state index is 0.183. The van der Waals surface area contributed by atoms with Gasteiger partial charge < -0.3 is 14.6 Å². The number of phenols is 1. The van der Waals surface area contributed by atoms with Crippen molar-refractivity contribution in [3.63, 3.8) is 0 Å². The van der Waals surface area contributed by atoms with Crippen LogP contribution in [0.1, 0.15) is 5.56 Å². The van der Waals surface area contributed by atoms with E-state index in [0.717, 1.165) is 5.56 Å². The molecule has 0 bridgehead atoms. The van der Waals surface area contributed by atoms with Gasteiger partial charge in [-0.25, -0.2) is 0 Å². The number of phenolic OH excluding ortho intramolecular Hbond substituents is 1. The highest BCUT2D eigenvalue weighted by molar-refractivity contribution is 5.39. The summed E-state index contributed by atoms with van der Waals surface area (Å²) >= 11 is 0. The maximum Gasteiger partial charge on any atom is 0.123 e. The number of hydrogen-bond acceptors (Lipinski definition) is 5. The van der Waals surface area contributed by atoms with E-state index in [4.69, 9.17) is 14.3 Å². The molecule has 16 heavy (non-hydrogen) atoms. The number of hydroxylamine groups is 1. The van der Waals surface area contributed by atoms with E-state index >= 15 is 0 Å². The Bertz CT molecular complexity index is 317. The van der Waals surface area contributed by atoms with Gasteiger partial charge >= 0.3 is 0 Å². The van der Waals surface area contributed by atoms with Gasteiger partial charge in [0.05, 0.1) is 20.3 Å². The van der Waals surface area contributed by atoms with E-state index in [1.165, 1.54) is 0 Å². The van der Waals surface area contributed by atoms with Crippen molar-refractivity contribution in [1.29, 1.82) is 0 Å². The van der Waals surface area contributed by atoms with E-state index in [2.05, 4.69) is 5.48 Å². The van der Waals surface area contributed by atoms with Gasteiger partial charge in [-0.05, 0) is 6.07 Å². The van der Waals surface area contributed by atoms with E-state index < -0.39 is 0 Å². The molecule has 0 fully saturated rings. The highest BCUT2D eigenvalue weighted by atomic mass is 16.7. The third-order valence-corrected chi connectivity index (χ3v) is 2.05. The summed E-state index contributed by atoms with van der Waals surface area (Å²) in [5.74, 6) is 0.809. The number of ether oxygens (including phenoxy) is 2. The summed E-state index contributed by atoms with van der Waals surface area (Å²) in [6.45, 7) is 1.43. The molecule has 0 spiro atoms. The summed E-state index contributed by atoms with van der Waals surface area (Å²) in [6.07, 6.45) is 0. The lowest BCUT2D eigenvalue weighted by Crippen LogP contribution is -2.17. The van der Waals surface area contributed by atoms with Crippen molar-refractivity contribution in [1.82, 2.24) is 5.48 Å². The molecule has 0 heterocycles. The number of nitrogens with one attached hydrogen (secondary N) is 1. The van der Waals surface area contributed by atoms with E-state index in [1.54, 1.807) is 32.4 Å². The van der Waals surface area contributed by atoms with Crippen molar-refractivity contribution in [2.75, 3.05) is 27.4 Å². The van der Waals surface area contributed by atoms with Crippen LogP contribution < -0.4 is 10.2 Å². The van der Waals surface area contributed by atoms with Crippen molar-refractivity contribution in [2.24, 2.45) is 0 Å². The third-order valence-electron chi connectivity index (χ3n) is 2.05. The smallest absolute Gasteiger partial charge is 0.123 e. The second kappa shape index (κ2) is 7.05. The maximum atomic E-state index is 9.62. The Hall–Kier alpha value is -1.30. The number of benzene rings is 1. The minimum absolute atomic E-state index is 0.183. The molecule has 0 aliphatic heterocycles. The van der Waals surface area contributed by atoms with E-state index in [-0.39, 0.29) is 5.75 Å². The molecule has 0 radical (unpaired) electrons. The van der Waals surface area contributed by atoms with Gasteiger partial charge in [0.2, 0.25) is 0 Å². The topological polar surface area (TPSA) is 60.0 Å². The van der Waals surface area contributed by atoms with Crippen molar-refractivity contribution in [2.45, 2.75) is 6.54 Å². The van der Waals surface area contributed by atoms with E-state index in [0.29, 0.717) is 25.5 Å². The second-order valence-electron chi connectivity index (χ2n) is 3.16. The van der Waals surface area contributed by atoms with Crippen molar-refractivity contribution in [3.8, 4) is 11.5 Å². The van der Waals surface area contributed by atoms with Crippen LogP contribution in [0.5, 0.6) is 11.5 Å². The second-order valence-corrected chi connectivity index (χ2v) is 3.16. The Kier molecular flexibility index (Phi) is 5.63. The quantitative estimate of drug-likeness (QED) is 0.539. The zero-order valence-corrected chi connectivity index (χ0v) is 9.53. The molecule has 1 aromatic rings. The number of rotatable bonds is 7. The van der Waals surface area contributed by atoms with Crippen molar-refractivity contribution in [3.05, 3.63) is 23.8 Å². The summed E-state index contributed by atoms with van der Waals surface area (Å²) in [5.41, 5.74) is 3.48. The lowest BCUT2D eigenvalue weighted by molar-refractivity contribution is 0.00321. The van der Waals surface area contributed by atoms with E-state index in [1.807, 2.05) is 0 Å². The van der Waals surface area contributed by atoms with Crippen molar-refractivity contribution >= 4 is 0 Å². The van der Waals surface area contributed by atoms with Crippen LogP contribution in [-0.2, 0) is 16.1 Å². The van der Waals surface area contributed by atoms with E-state index in [9.17, 15) is 5.11 Å². The van der Waals surface area contributed by atoms with Gasteiger partial charge in [-0.15, -0.1) is 0 Å². The largest absolute Gasteiger partial charge is 0.507 e. The summed E-state index contributed by atoms with van der Waals surface area (Å²) in [5, 5.41) is 9.62. The molecule has 0 saturated carbocycles. The van der Waals surface area contributed by atoms with Crippen LogP contribution in [0.2, 0.25) is 0 Å². The first kappa shape index (κ1) is 12.8. The highest BCUT2D eigenvalue weighted by Crippen LogP contribution is 2.22. The zero-order chi connectivity index (χ0) is 11.8. The van der Waals surface area contributed by atoms with Gasteiger partial charge in [-0.1, -0.05) is 6.07 Å². The highest BCUT2D eigenvalue weighted by Gasteiger charge is 2.02. The Balaban J connectivity index is 2.36. The van der Waals surface area contributed by atoms with Crippen LogP contribution in [0.25, 0.3) is 0 Å². The van der Waals surface area contributed by atoms with Gasteiger partial charge in [0, 0.05) is 25.3 Å². The Morgan fingerprint density at radius 2 is 2.06 bits per heavy atom. The van der Waals surface area contributed by atoms with Gasteiger partial charge in [0.15, 0.2) is 0 Å². The van der Waals surface area contributed by atoms with Gasteiger partial charge in [0.1, 0.15) is 11.5 Å². The molecule has 0 saturated heterocycles. The predicted molar refractivity (Wildman–Crippen MR) is 59.3 cm³/mol. The Morgan fingerprint density at radius 3 is 2.69 bits per heavy atom. The first-order chi connectivity index (χ1) is 7.77. The van der Waals surface area contributed by atoms with Gasteiger partial charge in [-0.3, -0.25) is 4.84 Å². The molecule has 0 aromatic heterocycles. The molecule has 0 amide bonds. The fraction of sp³-hybridized carbons (Fsp3) is 0.455. The predicted octanol–water partition coefficient (Wildman–Crippen LogP) is 1.07. The first-order valence-electron chi connectivity index (χ1n) is 4.97. The molecular weight excluding hydrogens is 210 g/mol. The fourth-order valence-corrected chi connectivity index (χ4v) is 1.15. The third kappa shape index (κ3) is 4.06. The maximum absolute atomic E-state index is 9.62. The summed E-state index contributed by atoms with van der Waals surface area (Å²) < 4.78 is 9.80. The SMILES string of the molecule is COCCONCc1ccc(OC)cc1O. The summed E-state index contributed by atoms with van der Waals surface area (Å²) in [4.78, 5) is 5.07. The van der Waals surface area contributed by atoms with Crippen LogP contribution in [0.15, 0.2) is 18.2 Å². The molecule has 0 aliphatic rings. The van der Waals surface area contributed by atoms with Crippen molar-refractivity contribution < 1.29 is 19.4 Å². The summed E-state index contributed by atoms with van der Waals surface area (Å²) in [7, 11) is 3.17. The normalized spacial score (nSPS) is 10.4. The Labute approximate surface area is 94.9 Å². The van der Waals surface area contributed by atoms with Crippen LogP contribution in [0.4, 0.5) is 0 Å². The average molecular weight is 227 g/mol. The standard InChI is InChI=1S/C11H17NO4/c1-14-5-6-16-12-8-9-3-4-10(15-2)7-11(9)13/h3-4,7,12-13H,5-6,8H2,1-2H3. The lowest BCUT2D eigenvalue weighted by Gasteiger charge is -2.08. The molecule has 1 aromatic carbocycles. The monoisotopic (exact) mass is 227 g/mol. The minimum Gasteiger partial charge on any atom is -0.507 e. The average Bonchev–Trinajstić information content (AvgIpc) is 2.30. The number of aromatic hydroxyl groups is 1. The number of methoxy groups -OCH3 is 2. The molecule has 0 atom stereocenters. The lowest BCUT2D eigenvalue weighted by atomic mass is 10.2. The van der Waals surface area contributed by atoms with Gasteiger partial charge in [-0.2, -0.15) is 5.48 Å². The first-order valence-corrected chi connectivity index (χ1v) is 4.97. The zero-order valence-electron chi connectivity index (χ0n) is 9.53. The van der Waals surface area contributed by atoms with Crippen LogP contribution in [-0.4, -0.2) is 32.5 Å². The molecule has 90 valence electrons. The van der Waals surface area contributed by atoms with Gasteiger partial charge in [0.25, 0.3) is 0 Å². The molecule has 5 nitrogen and oxygen atoms in total. The molecule has 2 N–H and O–H groups in total. The molecule has 0 unspecified atom stereocenters. The van der Waals surface area contributed by atoms with Crippen LogP contribution in [0, 0.1) is 0 Å². The van der Waals surface area contributed by atoms with Crippen LogP contribution >= 0.6 is 0 Å². The van der Waals surface area contributed by atoms with Crippen LogP contribution in [0.3, 0.4) is 0 Å². The summed E-state index contributed by atoms with van der Waals surface area (Å²) in [6, 6.07) is 5.12. The number of hydrogen-bond donors (Lipinski definition) is 2. The molecule has 5 heteroatoms. The molecule has 0 aliphatic carbocycles. The molecule has 1 rings (SSSR count). The Morgan fingerprint density at radius 1 is 1.25 bits per heavy atom. The fourth-order valence-electron chi connectivity index (χ4n) is 1.15. The molecular formula is C11H17NO4.